The van der Waals surface area contributed by atoms with Gasteiger partial charge in [0.1, 0.15) is 0 Å². The van der Waals surface area contributed by atoms with Crippen LogP contribution in [0, 0.1) is 35.0 Å². The molecule has 2 nitrogen and oxygen atoms in total. The van der Waals surface area contributed by atoms with Crippen molar-refractivity contribution in [2.24, 2.45) is 35.0 Å². The van der Waals surface area contributed by atoms with Crippen LogP contribution in [0.15, 0.2) is 23.3 Å². The van der Waals surface area contributed by atoms with E-state index in [1.54, 1.807) is 5.57 Å². The molecule has 30 heavy (non-hydrogen) atoms. The standard InChI is InChI=1S/C28H48O2/c1-19(2)9-7-10-20(3)24-14-15-25-23(11-8-16-27(24,25)5)13-12-22-17-26(29)21(4)28(6,30)18-22/h12-13,19-21,24-26,29-30H,7-11,14-18H2,1-6H3/b22-12-,23-13+/t20-,21+,24?,25?,26+,27+,28+/m0/s1. The van der Waals surface area contributed by atoms with Crippen LogP contribution in [0.3, 0.4) is 0 Å². The second kappa shape index (κ2) is 9.49. The van der Waals surface area contributed by atoms with Gasteiger partial charge in [0, 0.05) is 5.92 Å². The van der Waals surface area contributed by atoms with Gasteiger partial charge in [0.2, 0.25) is 0 Å². The van der Waals surface area contributed by atoms with Crippen LogP contribution in [0.25, 0.3) is 0 Å². The van der Waals surface area contributed by atoms with Gasteiger partial charge in [0.25, 0.3) is 0 Å². The zero-order valence-corrected chi connectivity index (χ0v) is 20.6. The Labute approximate surface area is 186 Å². The third-order valence-corrected chi connectivity index (χ3v) is 9.31. The Kier molecular flexibility index (Phi) is 7.61. The van der Waals surface area contributed by atoms with Gasteiger partial charge < -0.3 is 10.2 Å². The van der Waals surface area contributed by atoms with Crippen molar-refractivity contribution in [3.05, 3.63) is 23.3 Å². The first-order chi connectivity index (χ1) is 14.0. The lowest BCUT2D eigenvalue weighted by Crippen LogP contribution is -2.44. The highest BCUT2D eigenvalue weighted by atomic mass is 16.3. The molecular formula is C28H48O2. The van der Waals surface area contributed by atoms with Crippen molar-refractivity contribution in [2.45, 2.75) is 117 Å². The highest BCUT2D eigenvalue weighted by molar-refractivity contribution is 5.27. The maximum atomic E-state index is 10.7. The Hall–Kier alpha value is -0.600. The van der Waals surface area contributed by atoms with E-state index in [-0.39, 0.29) is 5.92 Å². The number of allylic oxidation sites excluding steroid dienone is 3. The van der Waals surface area contributed by atoms with Gasteiger partial charge in [-0.2, -0.15) is 0 Å². The minimum atomic E-state index is -0.799. The zero-order valence-electron chi connectivity index (χ0n) is 20.6. The average molecular weight is 417 g/mol. The summed E-state index contributed by atoms with van der Waals surface area (Å²) in [5.74, 6) is 3.19. The van der Waals surface area contributed by atoms with Gasteiger partial charge in [0.15, 0.2) is 0 Å². The Morgan fingerprint density at radius 3 is 2.50 bits per heavy atom. The second-order valence-electron chi connectivity index (χ2n) is 12.1. The molecule has 3 rings (SSSR count). The van der Waals surface area contributed by atoms with Crippen LogP contribution in [0.1, 0.15) is 106 Å². The lowest BCUT2D eigenvalue weighted by Gasteiger charge is -2.44. The largest absolute Gasteiger partial charge is 0.392 e. The highest BCUT2D eigenvalue weighted by Gasteiger charge is 2.50. The topological polar surface area (TPSA) is 40.5 Å². The lowest BCUT2D eigenvalue weighted by molar-refractivity contribution is -0.0668. The third kappa shape index (κ3) is 5.07. The van der Waals surface area contributed by atoms with Crippen molar-refractivity contribution < 1.29 is 10.2 Å². The summed E-state index contributed by atoms with van der Waals surface area (Å²) in [5, 5.41) is 21.1. The van der Waals surface area contributed by atoms with Crippen LogP contribution in [0.2, 0.25) is 0 Å². The molecule has 0 radical (unpaired) electrons. The van der Waals surface area contributed by atoms with Crippen molar-refractivity contribution in [3.8, 4) is 0 Å². The van der Waals surface area contributed by atoms with E-state index in [2.05, 4.69) is 39.8 Å². The molecule has 3 aliphatic carbocycles. The summed E-state index contributed by atoms with van der Waals surface area (Å²) in [5.41, 5.74) is 2.52. The quantitative estimate of drug-likeness (QED) is 0.486. The summed E-state index contributed by atoms with van der Waals surface area (Å²) in [6.07, 6.45) is 16.4. The van der Waals surface area contributed by atoms with Crippen LogP contribution in [-0.2, 0) is 0 Å². The maximum absolute atomic E-state index is 10.7. The Bertz CT molecular complexity index is 643. The minimum Gasteiger partial charge on any atom is -0.392 e. The predicted molar refractivity (Wildman–Crippen MR) is 127 cm³/mol. The molecule has 0 aliphatic heterocycles. The molecule has 3 saturated carbocycles. The van der Waals surface area contributed by atoms with E-state index in [9.17, 15) is 10.2 Å². The number of fused-ring (bicyclic) bond motifs is 1. The fourth-order valence-corrected chi connectivity index (χ4v) is 7.17. The third-order valence-electron chi connectivity index (χ3n) is 9.31. The van der Waals surface area contributed by atoms with E-state index in [0.717, 1.165) is 23.7 Å². The number of aliphatic hydroxyl groups is 2. The average Bonchev–Trinajstić information content (AvgIpc) is 3.01. The number of rotatable bonds is 6. The van der Waals surface area contributed by atoms with Crippen LogP contribution < -0.4 is 0 Å². The lowest BCUT2D eigenvalue weighted by atomic mass is 9.60. The smallest absolute Gasteiger partial charge is 0.0706 e. The first-order valence-electron chi connectivity index (χ1n) is 12.8. The van der Waals surface area contributed by atoms with Crippen LogP contribution in [-0.4, -0.2) is 21.9 Å². The van der Waals surface area contributed by atoms with E-state index in [1.165, 1.54) is 56.9 Å². The molecule has 0 aromatic rings. The SMILES string of the molecule is CC(C)CCC[C@H](C)C1CCC2/C(=C/C=C3/C[C@@H](O)[C@@H](C)[C@](C)(O)C3)CCC[C@@]21C. The van der Waals surface area contributed by atoms with Crippen LogP contribution in [0.5, 0.6) is 0 Å². The molecule has 3 aliphatic rings. The van der Waals surface area contributed by atoms with E-state index >= 15 is 0 Å². The molecular weight excluding hydrogens is 368 g/mol. The summed E-state index contributed by atoms with van der Waals surface area (Å²) >= 11 is 0. The summed E-state index contributed by atoms with van der Waals surface area (Å²) in [4.78, 5) is 0. The fourth-order valence-electron chi connectivity index (χ4n) is 7.17. The van der Waals surface area contributed by atoms with Gasteiger partial charge in [-0.05, 0) is 81.0 Å². The maximum Gasteiger partial charge on any atom is 0.0706 e. The molecule has 0 heterocycles. The molecule has 0 aromatic carbocycles. The monoisotopic (exact) mass is 416 g/mol. The van der Waals surface area contributed by atoms with Gasteiger partial charge in [-0.3, -0.25) is 0 Å². The molecule has 7 atom stereocenters. The Morgan fingerprint density at radius 2 is 1.83 bits per heavy atom. The van der Waals surface area contributed by atoms with Gasteiger partial charge in [0.05, 0.1) is 11.7 Å². The number of aliphatic hydroxyl groups excluding tert-OH is 1. The van der Waals surface area contributed by atoms with E-state index in [1.807, 2.05) is 13.8 Å². The number of hydrogen-bond acceptors (Lipinski definition) is 2. The summed E-state index contributed by atoms with van der Waals surface area (Å²) in [7, 11) is 0. The fraction of sp³-hybridized carbons (Fsp3) is 0.857. The number of hydrogen-bond donors (Lipinski definition) is 2. The Balaban J connectivity index is 1.70. The van der Waals surface area contributed by atoms with Crippen LogP contribution in [0.4, 0.5) is 0 Å². The summed E-state index contributed by atoms with van der Waals surface area (Å²) in [6.45, 7) is 13.6. The molecule has 172 valence electrons. The molecule has 2 unspecified atom stereocenters. The molecule has 2 heteroatoms. The normalized spacial score (nSPS) is 43.4. The zero-order chi connectivity index (χ0) is 22.1. The van der Waals surface area contributed by atoms with Crippen molar-refractivity contribution in [3.63, 3.8) is 0 Å². The van der Waals surface area contributed by atoms with Gasteiger partial charge >= 0.3 is 0 Å². The predicted octanol–water partition coefficient (Wildman–Crippen LogP) is 7.06. The van der Waals surface area contributed by atoms with Gasteiger partial charge in [-0.1, -0.05) is 77.2 Å². The molecule has 0 spiro atoms. The van der Waals surface area contributed by atoms with Crippen LogP contribution >= 0.6 is 0 Å². The van der Waals surface area contributed by atoms with Gasteiger partial charge in [-0.15, -0.1) is 0 Å². The van der Waals surface area contributed by atoms with Crippen molar-refractivity contribution in [1.29, 1.82) is 0 Å². The molecule has 2 N–H and O–H groups in total. The highest BCUT2D eigenvalue weighted by Crippen LogP contribution is 2.60. The Morgan fingerprint density at radius 1 is 1.10 bits per heavy atom. The van der Waals surface area contributed by atoms with E-state index in [0.29, 0.717) is 18.3 Å². The molecule has 0 bridgehead atoms. The van der Waals surface area contributed by atoms with Gasteiger partial charge in [-0.25, -0.2) is 0 Å². The van der Waals surface area contributed by atoms with Crippen molar-refractivity contribution in [1.82, 2.24) is 0 Å². The summed E-state index contributed by atoms with van der Waals surface area (Å²) < 4.78 is 0. The molecule has 0 amide bonds. The van der Waals surface area contributed by atoms with E-state index in [4.69, 9.17) is 0 Å². The second-order valence-corrected chi connectivity index (χ2v) is 12.1. The van der Waals surface area contributed by atoms with Crippen molar-refractivity contribution in [2.75, 3.05) is 0 Å². The summed E-state index contributed by atoms with van der Waals surface area (Å²) in [6, 6.07) is 0. The molecule has 0 aromatic heterocycles. The molecule has 3 fully saturated rings. The minimum absolute atomic E-state index is 0.0620. The molecule has 0 saturated heterocycles. The first kappa shape index (κ1) is 24.1. The first-order valence-corrected chi connectivity index (χ1v) is 12.8. The van der Waals surface area contributed by atoms with E-state index < -0.39 is 11.7 Å². The van der Waals surface area contributed by atoms with Crippen molar-refractivity contribution >= 4 is 0 Å².